The molecule has 1 aromatic heterocycles. The van der Waals surface area contributed by atoms with Crippen molar-refractivity contribution in [2.45, 2.75) is 33.2 Å². The largest absolute Gasteiger partial charge is 0.305 e. The van der Waals surface area contributed by atoms with Crippen molar-refractivity contribution in [2.75, 3.05) is 6.54 Å². The SMILES string of the molecule is Cc1ccncc1C(=O)CNC(C)(C)C. The molecule has 0 aliphatic rings. The van der Waals surface area contributed by atoms with E-state index in [1.807, 2.05) is 33.8 Å². The number of ketones is 1. The molecule has 0 aromatic carbocycles. The molecule has 0 unspecified atom stereocenters. The molecule has 3 heteroatoms. The van der Waals surface area contributed by atoms with Crippen molar-refractivity contribution in [3.05, 3.63) is 29.6 Å². The van der Waals surface area contributed by atoms with Gasteiger partial charge in [0.2, 0.25) is 0 Å². The van der Waals surface area contributed by atoms with Gasteiger partial charge in [-0.05, 0) is 39.3 Å². The molecule has 1 N–H and O–H groups in total. The summed E-state index contributed by atoms with van der Waals surface area (Å²) in [4.78, 5) is 15.8. The summed E-state index contributed by atoms with van der Waals surface area (Å²) >= 11 is 0. The molecule has 0 saturated carbocycles. The first-order valence-corrected chi connectivity index (χ1v) is 5.09. The molecule has 0 bridgehead atoms. The van der Waals surface area contributed by atoms with E-state index in [2.05, 4.69) is 10.3 Å². The Morgan fingerprint density at radius 2 is 2.13 bits per heavy atom. The normalized spacial score (nSPS) is 11.5. The van der Waals surface area contributed by atoms with E-state index in [4.69, 9.17) is 0 Å². The summed E-state index contributed by atoms with van der Waals surface area (Å²) in [6.45, 7) is 8.39. The van der Waals surface area contributed by atoms with E-state index in [1.165, 1.54) is 0 Å². The van der Waals surface area contributed by atoms with Gasteiger partial charge in [-0.3, -0.25) is 9.78 Å². The summed E-state index contributed by atoms with van der Waals surface area (Å²) in [5.74, 6) is 0.0931. The molecule has 1 aromatic rings. The highest BCUT2D eigenvalue weighted by molar-refractivity contribution is 5.98. The van der Waals surface area contributed by atoms with Crippen LogP contribution in [-0.2, 0) is 0 Å². The summed E-state index contributed by atoms with van der Waals surface area (Å²) in [6.07, 6.45) is 3.32. The molecule has 0 aliphatic heterocycles. The summed E-state index contributed by atoms with van der Waals surface area (Å²) < 4.78 is 0. The fourth-order valence-corrected chi connectivity index (χ4v) is 1.20. The third-order valence-electron chi connectivity index (χ3n) is 2.12. The molecular formula is C12H18N2O. The van der Waals surface area contributed by atoms with E-state index in [1.54, 1.807) is 12.4 Å². The zero-order chi connectivity index (χ0) is 11.5. The monoisotopic (exact) mass is 206 g/mol. The van der Waals surface area contributed by atoms with Crippen molar-refractivity contribution >= 4 is 5.78 Å². The van der Waals surface area contributed by atoms with Crippen LogP contribution in [0, 0.1) is 6.92 Å². The van der Waals surface area contributed by atoms with Crippen LogP contribution in [0.15, 0.2) is 18.5 Å². The molecular weight excluding hydrogens is 188 g/mol. The smallest absolute Gasteiger partial charge is 0.178 e. The third-order valence-corrected chi connectivity index (χ3v) is 2.12. The number of nitrogens with zero attached hydrogens (tertiary/aromatic N) is 1. The predicted molar refractivity (Wildman–Crippen MR) is 61.1 cm³/mol. The number of hydrogen-bond donors (Lipinski definition) is 1. The number of Topliss-reactive ketones (excluding diaryl/α,β-unsaturated/α-hetero) is 1. The van der Waals surface area contributed by atoms with Crippen LogP contribution < -0.4 is 5.32 Å². The van der Waals surface area contributed by atoms with Gasteiger partial charge in [0.15, 0.2) is 5.78 Å². The Kier molecular flexibility index (Phi) is 3.58. The van der Waals surface area contributed by atoms with Gasteiger partial charge in [0.05, 0.1) is 6.54 Å². The van der Waals surface area contributed by atoms with Crippen LogP contribution in [0.2, 0.25) is 0 Å². The quantitative estimate of drug-likeness (QED) is 0.769. The van der Waals surface area contributed by atoms with Crippen molar-refractivity contribution in [3.63, 3.8) is 0 Å². The fourth-order valence-electron chi connectivity index (χ4n) is 1.20. The minimum atomic E-state index is -0.0359. The highest BCUT2D eigenvalue weighted by atomic mass is 16.1. The Morgan fingerprint density at radius 3 is 2.67 bits per heavy atom. The number of rotatable bonds is 3. The van der Waals surface area contributed by atoms with Gasteiger partial charge in [-0.1, -0.05) is 0 Å². The molecule has 0 radical (unpaired) electrons. The van der Waals surface area contributed by atoms with Gasteiger partial charge in [-0.2, -0.15) is 0 Å². The number of carbonyl (C=O) groups excluding carboxylic acids is 1. The highest BCUT2D eigenvalue weighted by Gasteiger charge is 2.13. The molecule has 15 heavy (non-hydrogen) atoms. The molecule has 1 rings (SSSR count). The molecule has 3 nitrogen and oxygen atoms in total. The Hall–Kier alpha value is -1.22. The van der Waals surface area contributed by atoms with Gasteiger partial charge in [0.1, 0.15) is 0 Å². The van der Waals surface area contributed by atoms with Crippen molar-refractivity contribution in [1.82, 2.24) is 10.3 Å². The second-order valence-electron chi connectivity index (χ2n) is 4.72. The van der Waals surface area contributed by atoms with Crippen LogP contribution in [0.5, 0.6) is 0 Å². The third kappa shape index (κ3) is 3.80. The van der Waals surface area contributed by atoms with Crippen LogP contribution in [-0.4, -0.2) is 22.9 Å². The van der Waals surface area contributed by atoms with Gasteiger partial charge in [-0.25, -0.2) is 0 Å². The van der Waals surface area contributed by atoms with Crippen LogP contribution in [0.1, 0.15) is 36.7 Å². The van der Waals surface area contributed by atoms with Gasteiger partial charge in [0, 0.05) is 23.5 Å². The lowest BCUT2D eigenvalue weighted by Gasteiger charge is -2.20. The van der Waals surface area contributed by atoms with Crippen molar-refractivity contribution in [3.8, 4) is 0 Å². The lowest BCUT2D eigenvalue weighted by Crippen LogP contribution is -2.39. The molecule has 0 saturated heterocycles. The molecule has 0 aliphatic carbocycles. The second kappa shape index (κ2) is 4.53. The van der Waals surface area contributed by atoms with Gasteiger partial charge in [-0.15, -0.1) is 0 Å². The number of pyridine rings is 1. The zero-order valence-electron chi connectivity index (χ0n) is 9.79. The topological polar surface area (TPSA) is 42.0 Å². The lowest BCUT2D eigenvalue weighted by molar-refractivity contribution is 0.0981. The summed E-state index contributed by atoms with van der Waals surface area (Å²) in [5.41, 5.74) is 1.64. The van der Waals surface area contributed by atoms with Crippen LogP contribution in [0.3, 0.4) is 0 Å². The van der Waals surface area contributed by atoms with Crippen LogP contribution >= 0.6 is 0 Å². The van der Waals surface area contributed by atoms with E-state index in [-0.39, 0.29) is 11.3 Å². The number of carbonyl (C=O) groups is 1. The van der Waals surface area contributed by atoms with Gasteiger partial charge in [0.25, 0.3) is 0 Å². The number of aryl methyl sites for hydroxylation is 1. The molecule has 0 amide bonds. The van der Waals surface area contributed by atoms with Crippen molar-refractivity contribution < 1.29 is 4.79 Å². The maximum Gasteiger partial charge on any atom is 0.178 e. The minimum absolute atomic E-state index is 0.0359. The molecule has 82 valence electrons. The Labute approximate surface area is 90.9 Å². The summed E-state index contributed by atoms with van der Waals surface area (Å²) in [7, 11) is 0. The van der Waals surface area contributed by atoms with Crippen molar-refractivity contribution in [2.24, 2.45) is 0 Å². The van der Waals surface area contributed by atoms with E-state index in [0.29, 0.717) is 12.1 Å². The minimum Gasteiger partial charge on any atom is -0.305 e. The Bertz CT molecular complexity index is 353. The van der Waals surface area contributed by atoms with Gasteiger partial charge < -0.3 is 5.32 Å². The summed E-state index contributed by atoms with van der Waals surface area (Å²) in [6, 6.07) is 1.85. The second-order valence-corrected chi connectivity index (χ2v) is 4.72. The van der Waals surface area contributed by atoms with E-state index >= 15 is 0 Å². The molecule has 0 spiro atoms. The number of hydrogen-bond acceptors (Lipinski definition) is 3. The molecule has 0 fully saturated rings. The first-order valence-electron chi connectivity index (χ1n) is 5.09. The van der Waals surface area contributed by atoms with Crippen molar-refractivity contribution in [1.29, 1.82) is 0 Å². The van der Waals surface area contributed by atoms with E-state index in [9.17, 15) is 4.79 Å². The lowest BCUT2D eigenvalue weighted by atomic mass is 10.1. The average Bonchev–Trinajstić information content (AvgIpc) is 2.14. The first-order chi connectivity index (χ1) is 6.90. The molecule has 0 atom stereocenters. The maximum atomic E-state index is 11.8. The highest BCUT2D eigenvalue weighted by Crippen LogP contribution is 2.06. The van der Waals surface area contributed by atoms with E-state index < -0.39 is 0 Å². The zero-order valence-corrected chi connectivity index (χ0v) is 9.79. The van der Waals surface area contributed by atoms with Gasteiger partial charge >= 0.3 is 0 Å². The standard InChI is InChI=1S/C12H18N2O/c1-9-5-6-13-7-10(9)11(15)8-14-12(2,3)4/h5-7,14H,8H2,1-4H3. The average molecular weight is 206 g/mol. The maximum absolute atomic E-state index is 11.8. The van der Waals surface area contributed by atoms with Crippen LogP contribution in [0.25, 0.3) is 0 Å². The van der Waals surface area contributed by atoms with E-state index in [0.717, 1.165) is 5.56 Å². The predicted octanol–water partition coefficient (Wildman–Crippen LogP) is 1.96. The number of aromatic nitrogens is 1. The Morgan fingerprint density at radius 1 is 1.47 bits per heavy atom. The Balaban J connectivity index is 2.66. The van der Waals surface area contributed by atoms with Crippen LogP contribution in [0.4, 0.5) is 0 Å². The fraction of sp³-hybridized carbons (Fsp3) is 0.500. The molecule has 1 heterocycles. The number of nitrogens with one attached hydrogen (secondary N) is 1. The first kappa shape index (κ1) is 11.9. The summed E-state index contributed by atoms with van der Waals surface area (Å²) in [5, 5.41) is 3.17.